The number of rotatable bonds is 5. The summed E-state index contributed by atoms with van der Waals surface area (Å²) in [5.74, 6) is -7.00. The quantitative estimate of drug-likeness (QED) is 0.317. The first-order valence-corrected chi connectivity index (χ1v) is 12.9. The molecule has 0 spiro atoms. The number of fused-ring (bicyclic) bond motifs is 4. The van der Waals surface area contributed by atoms with E-state index in [0.29, 0.717) is 5.57 Å². The number of amides is 4. The average molecular weight is 570 g/mol. The van der Waals surface area contributed by atoms with Gasteiger partial charge < -0.3 is 10.2 Å². The third kappa shape index (κ3) is 3.47. The molecule has 2 aliphatic carbocycles. The molecule has 0 bridgehead atoms. The summed E-state index contributed by atoms with van der Waals surface area (Å²) in [5, 5.41) is 20.0. The van der Waals surface area contributed by atoms with Crippen molar-refractivity contribution in [3.63, 3.8) is 0 Å². The predicted octanol–water partition coefficient (Wildman–Crippen LogP) is 2.90. The predicted molar refractivity (Wildman–Crippen MR) is 132 cm³/mol. The van der Waals surface area contributed by atoms with Gasteiger partial charge in [-0.15, -0.1) is 23.2 Å². The molecule has 2 aliphatic heterocycles. The molecule has 9 nitrogen and oxygen atoms in total. The van der Waals surface area contributed by atoms with Crippen LogP contribution in [0.25, 0.3) is 0 Å². The Morgan fingerprint density at radius 2 is 1.81 bits per heavy atom. The Balaban J connectivity index is 1.64. The number of halogens is 3. The van der Waals surface area contributed by atoms with Crippen LogP contribution < -0.4 is 0 Å². The van der Waals surface area contributed by atoms with Gasteiger partial charge in [0.25, 0.3) is 11.8 Å². The van der Waals surface area contributed by atoms with Crippen LogP contribution in [0.1, 0.15) is 37.2 Å². The van der Waals surface area contributed by atoms with Gasteiger partial charge in [-0.3, -0.25) is 33.8 Å². The SMILES string of the molecule is CN1C(=O)C2(Cl)CC3C(=CCC4C(=O)N(CCCC(=O)O)C(=O)C43)C(c3cc(Cl)ccc3O)C2(Cl)C1=O. The van der Waals surface area contributed by atoms with Crippen LogP contribution in [0.5, 0.6) is 5.75 Å². The standard InChI is InChI=1S/C25H23Cl3N2O7/c1-29-22(36)24(27)10-15-12(19(25(24,28)23(29)37)14-9-11(26)4-7-16(14)31)5-6-13-18(15)21(35)30(20(13)34)8-2-3-17(32)33/h4-5,7,9,13,15,18-19,31H,2-3,6,8,10H2,1H3,(H,32,33). The summed E-state index contributed by atoms with van der Waals surface area (Å²) < 4.78 is 0. The van der Waals surface area contributed by atoms with Crippen molar-refractivity contribution in [3.8, 4) is 5.75 Å². The molecule has 3 fully saturated rings. The average Bonchev–Trinajstić information content (AvgIpc) is 3.16. The number of allylic oxidation sites excluding steroid dienone is 2. The second-order valence-corrected chi connectivity index (χ2v) is 11.7. The summed E-state index contributed by atoms with van der Waals surface area (Å²) in [6.07, 6.45) is 1.67. The molecule has 2 heterocycles. The summed E-state index contributed by atoms with van der Waals surface area (Å²) in [4.78, 5) is 62.5. The maximum Gasteiger partial charge on any atom is 0.303 e. The van der Waals surface area contributed by atoms with Crippen molar-refractivity contribution in [1.82, 2.24) is 9.80 Å². The second-order valence-electron chi connectivity index (χ2n) is 10.0. The van der Waals surface area contributed by atoms with E-state index in [2.05, 4.69) is 0 Å². The first-order valence-electron chi connectivity index (χ1n) is 11.8. The van der Waals surface area contributed by atoms with Crippen LogP contribution >= 0.6 is 34.8 Å². The highest BCUT2D eigenvalue weighted by Gasteiger charge is 2.76. The summed E-state index contributed by atoms with van der Waals surface area (Å²) in [6, 6.07) is 4.26. The van der Waals surface area contributed by atoms with Gasteiger partial charge >= 0.3 is 5.97 Å². The lowest BCUT2D eigenvalue weighted by Gasteiger charge is -2.50. The number of alkyl halides is 2. The van der Waals surface area contributed by atoms with Crippen molar-refractivity contribution >= 4 is 64.4 Å². The molecule has 2 saturated heterocycles. The Kier molecular flexibility index (Phi) is 6.12. The van der Waals surface area contributed by atoms with Crippen LogP contribution in [0.15, 0.2) is 29.8 Å². The highest BCUT2D eigenvalue weighted by Crippen LogP contribution is 2.66. The Morgan fingerprint density at radius 3 is 2.49 bits per heavy atom. The van der Waals surface area contributed by atoms with Crippen molar-refractivity contribution in [2.24, 2.45) is 17.8 Å². The number of phenolic OH excluding ortho intramolecular Hbond substituents is 1. The van der Waals surface area contributed by atoms with E-state index in [1.54, 1.807) is 6.08 Å². The number of carboxylic acid groups (broad SMARTS) is 1. The number of phenols is 1. The zero-order valence-electron chi connectivity index (χ0n) is 19.6. The van der Waals surface area contributed by atoms with E-state index in [1.807, 2.05) is 0 Å². The third-order valence-corrected chi connectivity index (χ3v) is 9.83. The van der Waals surface area contributed by atoms with Crippen molar-refractivity contribution in [2.45, 2.75) is 41.3 Å². The van der Waals surface area contributed by atoms with Crippen molar-refractivity contribution in [3.05, 3.63) is 40.4 Å². The topological polar surface area (TPSA) is 132 Å². The molecule has 1 saturated carbocycles. The minimum atomic E-state index is -2.01. The first-order chi connectivity index (χ1) is 17.3. The summed E-state index contributed by atoms with van der Waals surface area (Å²) in [7, 11) is 1.28. The maximum absolute atomic E-state index is 13.6. The zero-order valence-corrected chi connectivity index (χ0v) is 21.9. The van der Waals surface area contributed by atoms with Crippen LogP contribution in [0.2, 0.25) is 5.02 Å². The molecule has 5 rings (SSSR count). The molecule has 6 unspecified atom stereocenters. The van der Waals surface area contributed by atoms with Gasteiger partial charge in [0.2, 0.25) is 11.8 Å². The number of carbonyl (C=O) groups is 5. The largest absolute Gasteiger partial charge is 0.508 e. The number of hydrogen-bond acceptors (Lipinski definition) is 6. The van der Waals surface area contributed by atoms with Crippen molar-refractivity contribution in [1.29, 1.82) is 0 Å². The number of likely N-dealkylation sites (tertiary alicyclic amines) is 2. The Morgan fingerprint density at radius 1 is 1.11 bits per heavy atom. The summed E-state index contributed by atoms with van der Waals surface area (Å²) in [6.45, 7) is -0.0385. The maximum atomic E-state index is 13.6. The molecule has 37 heavy (non-hydrogen) atoms. The summed E-state index contributed by atoms with van der Waals surface area (Å²) >= 11 is 20.3. The minimum absolute atomic E-state index is 0.0385. The lowest BCUT2D eigenvalue weighted by molar-refractivity contribution is -0.142. The zero-order chi connectivity index (χ0) is 27.0. The lowest BCUT2D eigenvalue weighted by atomic mass is 9.56. The fraction of sp³-hybridized carbons (Fsp3) is 0.480. The van der Waals surface area contributed by atoms with Gasteiger partial charge in [0.15, 0.2) is 9.75 Å². The molecular formula is C25H23Cl3N2O7. The van der Waals surface area contributed by atoms with E-state index in [-0.39, 0.29) is 48.6 Å². The Labute approximate surface area is 226 Å². The van der Waals surface area contributed by atoms with Crippen molar-refractivity contribution in [2.75, 3.05) is 13.6 Å². The van der Waals surface area contributed by atoms with Crippen LogP contribution in [-0.4, -0.2) is 73.0 Å². The molecule has 6 atom stereocenters. The molecule has 12 heteroatoms. The number of benzene rings is 1. The van der Waals surface area contributed by atoms with Gasteiger partial charge in [-0.2, -0.15) is 0 Å². The number of aromatic hydroxyl groups is 1. The number of hydrogen-bond donors (Lipinski definition) is 2. The number of carbonyl (C=O) groups excluding carboxylic acids is 4. The van der Waals surface area contributed by atoms with E-state index < -0.39 is 63.0 Å². The van der Waals surface area contributed by atoms with Crippen LogP contribution in [-0.2, 0) is 24.0 Å². The number of nitrogens with zero attached hydrogens (tertiary/aromatic N) is 2. The van der Waals surface area contributed by atoms with Crippen LogP contribution in [0.4, 0.5) is 0 Å². The molecule has 0 radical (unpaired) electrons. The molecule has 1 aromatic carbocycles. The molecule has 4 aliphatic rings. The molecule has 196 valence electrons. The third-order valence-electron chi connectivity index (χ3n) is 8.18. The number of carboxylic acids is 1. The molecular weight excluding hydrogens is 547 g/mol. The molecule has 2 N–H and O–H groups in total. The first kappa shape index (κ1) is 26.0. The smallest absolute Gasteiger partial charge is 0.303 e. The second kappa shape index (κ2) is 8.71. The lowest BCUT2D eigenvalue weighted by Crippen LogP contribution is -2.60. The van der Waals surface area contributed by atoms with Gasteiger partial charge in [-0.1, -0.05) is 23.3 Å². The van der Waals surface area contributed by atoms with Crippen molar-refractivity contribution < 1.29 is 34.2 Å². The summed E-state index contributed by atoms with van der Waals surface area (Å²) in [5.41, 5.74) is 0.725. The van der Waals surface area contributed by atoms with E-state index in [0.717, 1.165) is 9.80 Å². The normalized spacial score (nSPS) is 34.9. The van der Waals surface area contributed by atoms with E-state index in [1.165, 1.54) is 25.2 Å². The number of aliphatic carboxylic acids is 1. The Hall–Kier alpha value is -2.62. The molecule has 1 aromatic rings. The van der Waals surface area contributed by atoms with E-state index in [4.69, 9.17) is 39.9 Å². The number of imide groups is 2. The molecule has 0 aromatic heterocycles. The van der Waals surface area contributed by atoms with Gasteiger partial charge in [0.05, 0.1) is 11.8 Å². The fourth-order valence-electron chi connectivity index (χ4n) is 6.52. The van der Waals surface area contributed by atoms with Gasteiger partial charge in [-0.25, -0.2) is 0 Å². The monoisotopic (exact) mass is 568 g/mol. The van der Waals surface area contributed by atoms with E-state index >= 15 is 0 Å². The van der Waals surface area contributed by atoms with Crippen LogP contribution in [0.3, 0.4) is 0 Å². The highest BCUT2D eigenvalue weighted by atomic mass is 35.5. The Bertz CT molecular complexity index is 1300. The van der Waals surface area contributed by atoms with E-state index in [9.17, 15) is 29.1 Å². The minimum Gasteiger partial charge on any atom is -0.508 e. The molecule has 4 amide bonds. The highest BCUT2D eigenvalue weighted by molar-refractivity contribution is 6.53. The van der Waals surface area contributed by atoms with Gasteiger partial charge in [-0.05, 0) is 43.4 Å². The van der Waals surface area contributed by atoms with Gasteiger partial charge in [0, 0.05) is 36.5 Å². The van der Waals surface area contributed by atoms with Crippen LogP contribution in [0, 0.1) is 17.8 Å². The van der Waals surface area contributed by atoms with Gasteiger partial charge in [0.1, 0.15) is 5.75 Å². The fourth-order valence-corrected chi connectivity index (χ4v) is 7.71.